The maximum atomic E-state index is 13.0. The average molecular weight is 448 g/mol. The molecular formula is C22H26FN3O4S. The first-order valence-corrected chi connectivity index (χ1v) is 11.6. The number of nitrogens with one attached hydrogen (secondary N) is 3. The summed E-state index contributed by atoms with van der Waals surface area (Å²) in [5.41, 5.74) is 2.06. The Morgan fingerprint density at radius 2 is 1.84 bits per heavy atom. The molecule has 0 aromatic heterocycles. The fraction of sp³-hybridized carbons (Fsp3) is 0.364. The van der Waals surface area contributed by atoms with Crippen molar-refractivity contribution in [3.05, 3.63) is 59.4 Å². The highest BCUT2D eigenvalue weighted by Gasteiger charge is 2.29. The van der Waals surface area contributed by atoms with Crippen molar-refractivity contribution in [3.63, 3.8) is 0 Å². The lowest BCUT2D eigenvalue weighted by atomic mass is 10.0. The van der Waals surface area contributed by atoms with E-state index in [-0.39, 0.29) is 29.1 Å². The number of carbonyl (C=O) groups excluding carboxylic acids is 2. The highest BCUT2D eigenvalue weighted by molar-refractivity contribution is 7.89. The molecule has 1 aliphatic heterocycles. The van der Waals surface area contributed by atoms with Gasteiger partial charge in [-0.25, -0.2) is 12.8 Å². The maximum Gasteiger partial charge on any atom is 0.241 e. The van der Waals surface area contributed by atoms with E-state index in [1.54, 1.807) is 32.0 Å². The molecule has 0 spiro atoms. The van der Waals surface area contributed by atoms with Crippen molar-refractivity contribution in [3.8, 4) is 0 Å². The van der Waals surface area contributed by atoms with Crippen molar-refractivity contribution in [2.45, 2.75) is 50.6 Å². The Balaban J connectivity index is 1.73. The van der Waals surface area contributed by atoms with E-state index in [0.29, 0.717) is 30.5 Å². The first-order valence-electron chi connectivity index (χ1n) is 10.1. The summed E-state index contributed by atoms with van der Waals surface area (Å²) in [7, 11) is -3.97. The summed E-state index contributed by atoms with van der Waals surface area (Å²) in [5, 5.41) is 5.47. The van der Waals surface area contributed by atoms with Gasteiger partial charge in [0.2, 0.25) is 21.8 Å². The molecule has 0 radical (unpaired) electrons. The zero-order valence-corrected chi connectivity index (χ0v) is 18.3. The van der Waals surface area contributed by atoms with Gasteiger partial charge >= 0.3 is 0 Å². The van der Waals surface area contributed by atoms with Crippen molar-refractivity contribution in [1.29, 1.82) is 0 Å². The molecule has 3 N–H and O–H groups in total. The van der Waals surface area contributed by atoms with Gasteiger partial charge in [0.25, 0.3) is 0 Å². The molecule has 0 fully saturated rings. The molecule has 1 heterocycles. The number of hydrogen-bond acceptors (Lipinski definition) is 4. The summed E-state index contributed by atoms with van der Waals surface area (Å²) < 4.78 is 41.5. The van der Waals surface area contributed by atoms with Crippen molar-refractivity contribution >= 4 is 27.5 Å². The molecule has 9 heteroatoms. The number of aryl methyl sites for hydroxylation is 1. The minimum Gasteiger partial charge on any atom is -0.351 e. The summed E-state index contributed by atoms with van der Waals surface area (Å²) >= 11 is 0. The van der Waals surface area contributed by atoms with Gasteiger partial charge in [-0.15, -0.1) is 0 Å². The summed E-state index contributed by atoms with van der Waals surface area (Å²) in [5.74, 6) is -1.23. The molecule has 0 bridgehead atoms. The van der Waals surface area contributed by atoms with Gasteiger partial charge in [0.1, 0.15) is 11.9 Å². The van der Waals surface area contributed by atoms with Gasteiger partial charge in [-0.05, 0) is 60.2 Å². The van der Waals surface area contributed by atoms with Crippen molar-refractivity contribution in [2.75, 3.05) is 5.32 Å². The van der Waals surface area contributed by atoms with Crippen LogP contribution in [0.1, 0.15) is 37.8 Å². The van der Waals surface area contributed by atoms with Crippen LogP contribution < -0.4 is 15.4 Å². The van der Waals surface area contributed by atoms with E-state index in [9.17, 15) is 22.4 Å². The second-order valence-corrected chi connectivity index (χ2v) is 9.62. The first kappa shape index (κ1) is 22.9. The van der Waals surface area contributed by atoms with Gasteiger partial charge < -0.3 is 10.6 Å². The lowest BCUT2D eigenvalue weighted by Crippen LogP contribution is -2.49. The number of halogens is 1. The Labute approximate surface area is 181 Å². The van der Waals surface area contributed by atoms with E-state index >= 15 is 0 Å². The number of benzene rings is 2. The van der Waals surface area contributed by atoms with Gasteiger partial charge in [-0.1, -0.05) is 26.0 Å². The third-order valence-corrected chi connectivity index (χ3v) is 6.56. The summed E-state index contributed by atoms with van der Waals surface area (Å²) in [6, 6.07) is 9.25. The Kier molecular flexibility index (Phi) is 7.07. The van der Waals surface area contributed by atoms with Gasteiger partial charge in [0, 0.05) is 18.7 Å². The highest BCUT2D eigenvalue weighted by Crippen LogP contribution is 2.25. The van der Waals surface area contributed by atoms with E-state index in [1.807, 2.05) is 0 Å². The molecule has 7 nitrogen and oxygen atoms in total. The van der Waals surface area contributed by atoms with Gasteiger partial charge in [-0.3, -0.25) is 9.59 Å². The standard InChI is InChI=1S/C22H26FN3O4S/c1-14(2)21(22(28)24-13-15-6-8-17(23)9-7-15)26-31(29,30)18-10-11-19-16(12-18)4-3-5-20(27)25-19/h6-12,14,21,26H,3-5,13H2,1-2H3,(H,24,28)(H,25,27). The molecule has 0 aliphatic carbocycles. The van der Waals surface area contributed by atoms with E-state index in [1.165, 1.54) is 24.3 Å². The van der Waals surface area contributed by atoms with E-state index < -0.39 is 22.0 Å². The second kappa shape index (κ2) is 9.57. The Morgan fingerprint density at radius 3 is 2.52 bits per heavy atom. The highest BCUT2D eigenvalue weighted by atomic mass is 32.2. The molecule has 31 heavy (non-hydrogen) atoms. The molecule has 0 saturated carbocycles. The Hall–Kier alpha value is -2.78. The van der Waals surface area contributed by atoms with E-state index in [0.717, 1.165) is 5.56 Å². The zero-order valence-electron chi connectivity index (χ0n) is 17.4. The molecule has 1 unspecified atom stereocenters. The Bertz CT molecular complexity index is 1070. The van der Waals surface area contributed by atoms with Crippen molar-refractivity contribution in [1.82, 2.24) is 10.0 Å². The number of hydrogen-bond donors (Lipinski definition) is 3. The van der Waals surface area contributed by atoms with Crippen LogP contribution in [0.5, 0.6) is 0 Å². The number of sulfonamides is 1. The predicted molar refractivity (Wildman–Crippen MR) is 115 cm³/mol. The molecule has 166 valence electrons. The number of rotatable bonds is 7. The summed E-state index contributed by atoms with van der Waals surface area (Å²) in [6.07, 6.45) is 1.61. The number of fused-ring (bicyclic) bond motifs is 1. The van der Waals surface area contributed by atoms with Gasteiger partial charge in [-0.2, -0.15) is 4.72 Å². The molecule has 1 aliphatic rings. The molecule has 0 saturated heterocycles. The molecule has 2 amide bonds. The minimum atomic E-state index is -3.97. The first-order chi connectivity index (χ1) is 14.7. The topological polar surface area (TPSA) is 104 Å². The smallest absolute Gasteiger partial charge is 0.241 e. The van der Waals surface area contributed by atoms with E-state index in [4.69, 9.17) is 0 Å². The molecule has 3 rings (SSSR count). The van der Waals surface area contributed by atoms with Crippen LogP contribution in [0, 0.1) is 11.7 Å². The molecule has 1 atom stereocenters. The fourth-order valence-corrected chi connectivity index (χ4v) is 4.74. The second-order valence-electron chi connectivity index (χ2n) is 7.91. The normalized spacial score (nSPS) is 15.0. The van der Waals surface area contributed by atoms with Crippen LogP contribution in [0.2, 0.25) is 0 Å². The van der Waals surface area contributed by atoms with E-state index in [2.05, 4.69) is 15.4 Å². The SMILES string of the molecule is CC(C)C(NS(=O)(=O)c1ccc2c(c1)CCCC(=O)N2)C(=O)NCc1ccc(F)cc1. The lowest BCUT2D eigenvalue weighted by molar-refractivity contribution is -0.123. The van der Waals surface area contributed by atoms with Crippen LogP contribution in [0.3, 0.4) is 0 Å². The van der Waals surface area contributed by atoms with Crippen LogP contribution in [-0.4, -0.2) is 26.3 Å². The number of amides is 2. The summed E-state index contributed by atoms with van der Waals surface area (Å²) in [4.78, 5) is 24.4. The fourth-order valence-electron chi connectivity index (χ4n) is 3.35. The van der Waals surface area contributed by atoms with Crippen LogP contribution in [0.15, 0.2) is 47.4 Å². The quantitative estimate of drug-likeness (QED) is 0.607. The predicted octanol–water partition coefficient (Wildman–Crippen LogP) is 2.72. The van der Waals surface area contributed by atoms with Crippen molar-refractivity contribution in [2.24, 2.45) is 5.92 Å². The minimum absolute atomic E-state index is 0.0411. The number of carbonyl (C=O) groups is 2. The molecule has 2 aromatic carbocycles. The van der Waals surface area contributed by atoms with Crippen LogP contribution in [0.25, 0.3) is 0 Å². The van der Waals surface area contributed by atoms with Gasteiger partial charge in [0.15, 0.2) is 0 Å². The summed E-state index contributed by atoms with van der Waals surface area (Å²) in [6.45, 7) is 3.65. The largest absolute Gasteiger partial charge is 0.351 e. The van der Waals surface area contributed by atoms with Crippen LogP contribution >= 0.6 is 0 Å². The van der Waals surface area contributed by atoms with Crippen LogP contribution in [0.4, 0.5) is 10.1 Å². The maximum absolute atomic E-state index is 13.0. The van der Waals surface area contributed by atoms with Crippen LogP contribution in [-0.2, 0) is 32.6 Å². The Morgan fingerprint density at radius 1 is 1.13 bits per heavy atom. The van der Waals surface area contributed by atoms with Crippen molar-refractivity contribution < 1.29 is 22.4 Å². The van der Waals surface area contributed by atoms with Gasteiger partial charge in [0.05, 0.1) is 4.90 Å². The lowest BCUT2D eigenvalue weighted by Gasteiger charge is -2.22. The third kappa shape index (κ3) is 5.89. The number of anilines is 1. The molecular weight excluding hydrogens is 421 g/mol. The molecule has 2 aromatic rings. The zero-order chi connectivity index (χ0) is 22.6. The average Bonchev–Trinajstić information content (AvgIpc) is 2.91. The third-order valence-electron chi connectivity index (χ3n) is 5.12. The monoisotopic (exact) mass is 447 g/mol.